The molecular weight excluding hydrogens is 216 g/mol. The smallest absolute Gasteiger partial charge is 0.242 e. The molecule has 4 nitrogen and oxygen atoms in total. The predicted octanol–water partition coefficient (Wildman–Crippen LogP) is 1.08. The maximum Gasteiger partial charge on any atom is 0.242 e. The molecule has 2 rings (SSSR count). The Morgan fingerprint density at radius 2 is 2.18 bits per heavy atom. The van der Waals surface area contributed by atoms with Gasteiger partial charge in [0.1, 0.15) is 0 Å². The molecule has 0 radical (unpaired) electrons. The summed E-state index contributed by atoms with van der Waals surface area (Å²) >= 11 is 0. The first-order chi connectivity index (χ1) is 8.31. The Kier molecular flexibility index (Phi) is 3.98. The molecule has 0 spiro atoms. The lowest BCUT2D eigenvalue weighted by Gasteiger charge is -2.23. The first-order valence-corrected chi connectivity index (χ1v) is 6.00. The fraction of sp³-hybridized carbons (Fsp3) is 0.462. The summed E-state index contributed by atoms with van der Waals surface area (Å²) in [5.74, 6) is 0.0606. The lowest BCUT2D eigenvalue weighted by molar-refractivity contribution is -0.130. The molecule has 1 aliphatic heterocycles. The van der Waals surface area contributed by atoms with E-state index in [1.165, 1.54) is 0 Å². The lowest BCUT2D eigenvalue weighted by Crippen LogP contribution is -2.40. The summed E-state index contributed by atoms with van der Waals surface area (Å²) in [5, 5.41) is 12.2. The molecule has 0 aromatic heterocycles. The molecule has 92 valence electrons. The largest absolute Gasteiger partial charge is 0.394 e. The van der Waals surface area contributed by atoms with Crippen molar-refractivity contribution in [3.63, 3.8) is 0 Å². The standard InChI is InChI=1S/C13H18N2O2/c16-10-12-7-4-8-15(12)13(17)9-14-11-5-2-1-3-6-11/h1-3,5-6,12,14,16H,4,7-10H2. The van der Waals surface area contributed by atoms with Crippen molar-refractivity contribution in [3.05, 3.63) is 30.3 Å². The van der Waals surface area contributed by atoms with Crippen LogP contribution in [0.1, 0.15) is 12.8 Å². The number of hydrogen-bond donors (Lipinski definition) is 2. The van der Waals surface area contributed by atoms with Gasteiger partial charge in [0.05, 0.1) is 19.2 Å². The molecule has 0 bridgehead atoms. The number of aliphatic hydroxyl groups is 1. The first kappa shape index (κ1) is 11.9. The summed E-state index contributed by atoms with van der Waals surface area (Å²) in [7, 11) is 0. The second-order valence-electron chi connectivity index (χ2n) is 4.29. The number of rotatable bonds is 4. The number of nitrogens with zero attached hydrogens (tertiary/aromatic N) is 1. The van der Waals surface area contributed by atoms with E-state index >= 15 is 0 Å². The number of hydrogen-bond acceptors (Lipinski definition) is 3. The van der Waals surface area contributed by atoms with Crippen LogP contribution in [0.3, 0.4) is 0 Å². The van der Waals surface area contributed by atoms with Crippen LogP contribution in [0.2, 0.25) is 0 Å². The Hall–Kier alpha value is -1.55. The zero-order chi connectivity index (χ0) is 12.1. The topological polar surface area (TPSA) is 52.6 Å². The Labute approximate surface area is 101 Å². The van der Waals surface area contributed by atoms with Crippen molar-refractivity contribution >= 4 is 11.6 Å². The van der Waals surface area contributed by atoms with E-state index in [4.69, 9.17) is 5.11 Å². The fourth-order valence-corrected chi connectivity index (χ4v) is 2.19. The quantitative estimate of drug-likeness (QED) is 0.819. The Balaban J connectivity index is 1.85. The van der Waals surface area contributed by atoms with Crippen LogP contribution in [-0.2, 0) is 4.79 Å². The number of benzene rings is 1. The van der Waals surface area contributed by atoms with E-state index in [-0.39, 0.29) is 18.6 Å². The monoisotopic (exact) mass is 234 g/mol. The van der Waals surface area contributed by atoms with Gasteiger partial charge in [0.15, 0.2) is 0 Å². The van der Waals surface area contributed by atoms with Crippen LogP contribution >= 0.6 is 0 Å². The lowest BCUT2D eigenvalue weighted by atomic mass is 10.2. The van der Waals surface area contributed by atoms with Crippen LogP contribution in [-0.4, -0.2) is 41.7 Å². The zero-order valence-corrected chi connectivity index (χ0v) is 9.80. The molecule has 17 heavy (non-hydrogen) atoms. The summed E-state index contributed by atoms with van der Waals surface area (Å²) < 4.78 is 0. The van der Waals surface area contributed by atoms with Gasteiger partial charge in [0, 0.05) is 12.2 Å². The van der Waals surface area contributed by atoms with Gasteiger partial charge in [0.2, 0.25) is 5.91 Å². The fourth-order valence-electron chi connectivity index (χ4n) is 2.19. The van der Waals surface area contributed by atoms with Gasteiger partial charge in [-0.3, -0.25) is 4.79 Å². The van der Waals surface area contributed by atoms with Crippen LogP contribution in [0, 0.1) is 0 Å². The van der Waals surface area contributed by atoms with E-state index in [9.17, 15) is 4.79 Å². The first-order valence-electron chi connectivity index (χ1n) is 6.00. The minimum Gasteiger partial charge on any atom is -0.394 e. The van der Waals surface area contributed by atoms with Gasteiger partial charge < -0.3 is 15.3 Å². The number of likely N-dealkylation sites (tertiary alicyclic amines) is 1. The number of carbonyl (C=O) groups excluding carboxylic acids is 1. The van der Waals surface area contributed by atoms with Gasteiger partial charge in [-0.15, -0.1) is 0 Å². The molecule has 1 heterocycles. The Morgan fingerprint density at radius 1 is 1.41 bits per heavy atom. The molecular formula is C13H18N2O2. The molecule has 1 aromatic carbocycles. The third-order valence-corrected chi connectivity index (χ3v) is 3.13. The third-order valence-electron chi connectivity index (χ3n) is 3.13. The number of amides is 1. The van der Waals surface area contributed by atoms with Crippen molar-refractivity contribution in [3.8, 4) is 0 Å². The minimum atomic E-state index is 0.0140. The molecule has 2 N–H and O–H groups in total. The third kappa shape index (κ3) is 2.97. The SMILES string of the molecule is O=C(CNc1ccccc1)N1CCCC1CO. The Bertz CT molecular complexity index is 367. The van der Waals surface area contributed by atoms with Crippen LogP contribution in [0.4, 0.5) is 5.69 Å². The van der Waals surface area contributed by atoms with Crippen LogP contribution in [0.25, 0.3) is 0 Å². The van der Waals surface area contributed by atoms with Crippen molar-refractivity contribution in [2.24, 2.45) is 0 Å². The van der Waals surface area contributed by atoms with Gasteiger partial charge in [-0.05, 0) is 25.0 Å². The van der Waals surface area contributed by atoms with E-state index < -0.39 is 0 Å². The summed E-state index contributed by atoms with van der Waals surface area (Å²) in [6.07, 6.45) is 1.90. The summed E-state index contributed by atoms with van der Waals surface area (Å²) in [5.41, 5.74) is 0.945. The summed E-state index contributed by atoms with van der Waals surface area (Å²) in [6, 6.07) is 9.68. The second kappa shape index (κ2) is 5.68. The van der Waals surface area contributed by atoms with Gasteiger partial charge in [0.25, 0.3) is 0 Å². The van der Waals surface area contributed by atoms with Gasteiger partial charge >= 0.3 is 0 Å². The highest BCUT2D eigenvalue weighted by Gasteiger charge is 2.27. The molecule has 0 aliphatic carbocycles. The highest BCUT2D eigenvalue weighted by Crippen LogP contribution is 2.16. The van der Waals surface area contributed by atoms with Crippen molar-refractivity contribution < 1.29 is 9.90 Å². The predicted molar refractivity (Wildman–Crippen MR) is 66.8 cm³/mol. The van der Waals surface area contributed by atoms with Crippen molar-refractivity contribution in [1.82, 2.24) is 4.90 Å². The van der Waals surface area contributed by atoms with E-state index in [2.05, 4.69) is 5.32 Å². The molecule has 1 atom stereocenters. The second-order valence-corrected chi connectivity index (χ2v) is 4.29. The molecule has 4 heteroatoms. The number of carbonyl (C=O) groups is 1. The zero-order valence-electron chi connectivity index (χ0n) is 9.80. The summed E-state index contributed by atoms with van der Waals surface area (Å²) in [4.78, 5) is 13.7. The highest BCUT2D eigenvalue weighted by molar-refractivity contribution is 5.81. The van der Waals surface area contributed by atoms with Gasteiger partial charge in [-0.2, -0.15) is 0 Å². The highest BCUT2D eigenvalue weighted by atomic mass is 16.3. The number of aliphatic hydroxyl groups excluding tert-OH is 1. The van der Waals surface area contributed by atoms with Crippen LogP contribution in [0.5, 0.6) is 0 Å². The van der Waals surface area contributed by atoms with Crippen molar-refractivity contribution in [2.75, 3.05) is 25.0 Å². The van der Waals surface area contributed by atoms with Crippen LogP contribution < -0.4 is 5.32 Å². The molecule has 1 aliphatic rings. The molecule has 1 unspecified atom stereocenters. The molecule has 1 saturated heterocycles. The average molecular weight is 234 g/mol. The normalized spacial score (nSPS) is 19.4. The number of nitrogens with one attached hydrogen (secondary N) is 1. The van der Waals surface area contributed by atoms with Crippen molar-refractivity contribution in [2.45, 2.75) is 18.9 Å². The number of para-hydroxylation sites is 1. The van der Waals surface area contributed by atoms with Crippen molar-refractivity contribution in [1.29, 1.82) is 0 Å². The molecule has 1 amide bonds. The van der Waals surface area contributed by atoms with Gasteiger partial charge in [-0.25, -0.2) is 0 Å². The average Bonchev–Trinajstić information content (AvgIpc) is 2.85. The van der Waals surface area contributed by atoms with Gasteiger partial charge in [-0.1, -0.05) is 18.2 Å². The maximum atomic E-state index is 11.9. The summed E-state index contributed by atoms with van der Waals surface area (Å²) in [6.45, 7) is 1.12. The number of anilines is 1. The maximum absolute atomic E-state index is 11.9. The molecule has 0 saturated carbocycles. The minimum absolute atomic E-state index is 0.0140. The van der Waals surface area contributed by atoms with E-state index in [1.54, 1.807) is 4.90 Å². The molecule has 1 aromatic rings. The van der Waals surface area contributed by atoms with Crippen LogP contribution in [0.15, 0.2) is 30.3 Å². The van der Waals surface area contributed by atoms with E-state index in [0.29, 0.717) is 6.54 Å². The Morgan fingerprint density at radius 3 is 2.88 bits per heavy atom. The van der Waals surface area contributed by atoms with E-state index in [0.717, 1.165) is 25.1 Å². The van der Waals surface area contributed by atoms with E-state index in [1.807, 2.05) is 30.3 Å². The molecule has 1 fully saturated rings.